The smallest absolute Gasteiger partial charge is 0.303 e. The molecule has 1 amide bonds. The number of carbonyl (C=O) groups is 2. The minimum Gasteiger partial charge on any atom is -0.497 e. The second-order valence-corrected chi connectivity index (χ2v) is 7.32. The summed E-state index contributed by atoms with van der Waals surface area (Å²) >= 11 is 1.45. The minimum atomic E-state index is -0.780. The van der Waals surface area contributed by atoms with Crippen LogP contribution in [0.3, 0.4) is 0 Å². The van der Waals surface area contributed by atoms with E-state index in [1.807, 2.05) is 29.2 Å². The van der Waals surface area contributed by atoms with Crippen molar-refractivity contribution in [3.05, 3.63) is 35.3 Å². The number of carboxylic acid groups (broad SMARTS) is 1. The number of piperidine rings is 1. The van der Waals surface area contributed by atoms with E-state index in [1.165, 1.54) is 11.3 Å². The number of amides is 1. The first-order valence-electron chi connectivity index (χ1n) is 8.68. The van der Waals surface area contributed by atoms with Crippen LogP contribution in [-0.2, 0) is 4.79 Å². The maximum Gasteiger partial charge on any atom is 0.303 e. The molecule has 0 bridgehead atoms. The van der Waals surface area contributed by atoms with Gasteiger partial charge in [-0.3, -0.25) is 9.59 Å². The number of aliphatic carboxylic acids is 1. The molecule has 6 nitrogen and oxygen atoms in total. The highest BCUT2D eigenvalue weighted by atomic mass is 32.1. The van der Waals surface area contributed by atoms with Crippen LogP contribution in [-0.4, -0.2) is 47.1 Å². The van der Waals surface area contributed by atoms with E-state index in [9.17, 15) is 9.59 Å². The van der Waals surface area contributed by atoms with Gasteiger partial charge in [-0.2, -0.15) is 0 Å². The average Bonchev–Trinajstić information content (AvgIpc) is 3.16. The third-order valence-corrected chi connectivity index (χ3v) is 5.52. The number of benzene rings is 1. The fourth-order valence-corrected chi connectivity index (χ4v) is 4.01. The van der Waals surface area contributed by atoms with Crippen LogP contribution in [0.2, 0.25) is 0 Å². The molecular formula is C19H22N2O4S. The van der Waals surface area contributed by atoms with Crippen molar-refractivity contribution in [3.8, 4) is 16.3 Å². The Labute approximate surface area is 156 Å². The third kappa shape index (κ3) is 4.40. The molecule has 1 N–H and O–H groups in total. The van der Waals surface area contributed by atoms with E-state index >= 15 is 0 Å². The number of aromatic nitrogens is 1. The van der Waals surface area contributed by atoms with Gasteiger partial charge in [0.05, 0.1) is 7.11 Å². The van der Waals surface area contributed by atoms with E-state index in [0.29, 0.717) is 25.2 Å². The maximum atomic E-state index is 12.8. The molecule has 2 aromatic rings. The van der Waals surface area contributed by atoms with Crippen molar-refractivity contribution in [2.24, 2.45) is 5.92 Å². The molecule has 1 aromatic carbocycles. The Balaban J connectivity index is 1.66. The summed E-state index contributed by atoms with van der Waals surface area (Å²) in [7, 11) is 1.62. The summed E-state index contributed by atoms with van der Waals surface area (Å²) < 4.78 is 5.16. The molecule has 1 atom stereocenters. The SMILES string of the molecule is COc1ccc(-c2nc(C(=O)N3CCC[C@@H](CCC(=O)O)C3)cs2)cc1. The number of nitrogens with zero attached hydrogens (tertiary/aromatic N) is 2. The van der Waals surface area contributed by atoms with Crippen molar-refractivity contribution >= 4 is 23.2 Å². The molecule has 26 heavy (non-hydrogen) atoms. The topological polar surface area (TPSA) is 79.7 Å². The maximum absolute atomic E-state index is 12.8. The first-order valence-corrected chi connectivity index (χ1v) is 9.56. The Bertz CT molecular complexity index is 772. The third-order valence-electron chi connectivity index (χ3n) is 4.63. The normalized spacial score (nSPS) is 17.1. The molecule has 0 unspecified atom stereocenters. The van der Waals surface area contributed by atoms with Gasteiger partial charge in [0, 0.05) is 30.5 Å². The van der Waals surface area contributed by atoms with Crippen molar-refractivity contribution in [2.75, 3.05) is 20.2 Å². The van der Waals surface area contributed by atoms with Gasteiger partial charge in [0.1, 0.15) is 16.5 Å². The standard InChI is InChI=1S/C19H22N2O4S/c1-25-15-7-5-14(6-8-15)18-20-16(12-26-18)19(24)21-10-2-3-13(11-21)4-9-17(22)23/h5-8,12-13H,2-4,9-11H2,1H3,(H,22,23)/t13-/m0/s1. The molecule has 1 saturated heterocycles. The van der Waals surface area contributed by atoms with Crippen molar-refractivity contribution in [3.63, 3.8) is 0 Å². The van der Waals surface area contributed by atoms with Gasteiger partial charge >= 0.3 is 5.97 Å². The van der Waals surface area contributed by atoms with E-state index in [1.54, 1.807) is 12.5 Å². The predicted molar refractivity (Wildman–Crippen MR) is 99.6 cm³/mol. The Morgan fingerprint density at radius 1 is 1.35 bits per heavy atom. The predicted octanol–water partition coefficient (Wildman–Crippen LogP) is 3.54. The molecule has 1 aliphatic heterocycles. The molecule has 1 aliphatic rings. The molecule has 0 radical (unpaired) electrons. The molecule has 0 spiro atoms. The van der Waals surface area contributed by atoms with Crippen molar-refractivity contribution in [1.29, 1.82) is 0 Å². The van der Waals surface area contributed by atoms with E-state index in [-0.39, 0.29) is 18.2 Å². The minimum absolute atomic E-state index is 0.0685. The average molecular weight is 374 g/mol. The first kappa shape index (κ1) is 18.4. The number of hydrogen-bond donors (Lipinski definition) is 1. The highest BCUT2D eigenvalue weighted by molar-refractivity contribution is 7.13. The van der Waals surface area contributed by atoms with E-state index in [0.717, 1.165) is 29.2 Å². The van der Waals surface area contributed by atoms with Crippen LogP contribution in [0.4, 0.5) is 0 Å². The number of methoxy groups -OCH3 is 1. The Morgan fingerprint density at radius 3 is 2.81 bits per heavy atom. The van der Waals surface area contributed by atoms with Crippen LogP contribution < -0.4 is 4.74 Å². The van der Waals surface area contributed by atoms with Gasteiger partial charge in [-0.25, -0.2) is 4.98 Å². The highest BCUT2D eigenvalue weighted by Crippen LogP contribution is 2.27. The van der Waals surface area contributed by atoms with Crippen LogP contribution in [0, 0.1) is 5.92 Å². The first-order chi connectivity index (χ1) is 12.6. The van der Waals surface area contributed by atoms with Crippen LogP contribution in [0.5, 0.6) is 5.75 Å². The van der Waals surface area contributed by atoms with Crippen molar-refractivity contribution < 1.29 is 19.4 Å². The van der Waals surface area contributed by atoms with Crippen molar-refractivity contribution in [1.82, 2.24) is 9.88 Å². The summed E-state index contributed by atoms with van der Waals surface area (Å²) in [5, 5.41) is 11.4. The zero-order valence-corrected chi connectivity index (χ0v) is 15.5. The summed E-state index contributed by atoms with van der Waals surface area (Å²) in [6.07, 6.45) is 2.66. The molecule has 1 fully saturated rings. The summed E-state index contributed by atoms with van der Waals surface area (Å²) in [6, 6.07) is 7.59. The van der Waals surface area contributed by atoms with E-state index in [2.05, 4.69) is 4.98 Å². The number of ether oxygens (including phenoxy) is 1. The summed E-state index contributed by atoms with van der Waals surface area (Å²) in [4.78, 5) is 29.8. The second-order valence-electron chi connectivity index (χ2n) is 6.46. The fraction of sp³-hybridized carbons (Fsp3) is 0.421. The number of thiazole rings is 1. The van der Waals surface area contributed by atoms with Crippen LogP contribution in [0.1, 0.15) is 36.2 Å². The fourth-order valence-electron chi connectivity index (χ4n) is 3.21. The summed E-state index contributed by atoms with van der Waals surface area (Å²) in [6.45, 7) is 1.32. The highest BCUT2D eigenvalue weighted by Gasteiger charge is 2.26. The van der Waals surface area contributed by atoms with Gasteiger partial charge in [0.2, 0.25) is 0 Å². The lowest BCUT2D eigenvalue weighted by Crippen LogP contribution is -2.40. The molecule has 138 valence electrons. The molecule has 0 aliphatic carbocycles. The van der Waals surface area contributed by atoms with Gasteiger partial charge in [0.25, 0.3) is 5.91 Å². The number of carboxylic acids is 1. The molecule has 3 rings (SSSR count). The Kier molecular flexibility index (Phi) is 5.88. The number of rotatable bonds is 6. The van der Waals surface area contributed by atoms with Crippen LogP contribution in [0.15, 0.2) is 29.6 Å². The second kappa shape index (κ2) is 8.31. The zero-order valence-electron chi connectivity index (χ0n) is 14.7. The lowest BCUT2D eigenvalue weighted by atomic mass is 9.93. The lowest BCUT2D eigenvalue weighted by molar-refractivity contribution is -0.137. The number of hydrogen-bond acceptors (Lipinski definition) is 5. The molecular weight excluding hydrogens is 352 g/mol. The monoisotopic (exact) mass is 374 g/mol. The zero-order chi connectivity index (χ0) is 18.5. The van der Waals surface area contributed by atoms with Gasteiger partial charge in [-0.05, 0) is 49.4 Å². The van der Waals surface area contributed by atoms with Crippen LogP contribution in [0.25, 0.3) is 10.6 Å². The Hall–Kier alpha value is -2.41. The number of carbonyl (C=O) groups excluding carboxylic acids is 1. The summed E-state index contributed by atoms with van der Waals surface area (Å²) in [5.41, 5.74) is 1.41. The van der Waals surface area contributed by atoms with Gasteiger partial charge in [-0.1, -0.05) is 0 Å². The number of likely N-dealkylation sites (tertiary alicyclic amines) is 1. The Morgan fingerprint density at radius 2 is 2.12 bits per heavy atom. The van der Waals surface area contributed by atoms with E-state index < -0.39 is 5.97 Å². The van der Waals surface area contributed by atoms with Crippen LogP contribution >= 0.6 is 11.3 Å². The quantitative estimate of drug-likeness (QED) is 0.837. The van der Waals surface area contributed by atoms with Crippen molar-refractivity contribution in [2.45, 2.75) is 25.7 Å². The lowest BCUT2D eigenvalue weighted by Gasteiger charge is -2.32. The van der Waals surface area contributed by atoms with E-state index in [4.69, 9.17) is 9.84 Å². The van der Waals surface area contributed by atoms with Gasteiger partial charge in [-0.15, -0.1) is 11.3 Å². The molecule has 2 heterocycles. The molecule has 1 aromatic heterocycles. The summed E-state index contributed by atoms with van der Waals surface area (Å²) in [5.74, 6) is 0.184. The molecule has 0 saturated carbocycles. The molecule has 7 heteroatoms. The largest absolute Gasteiger partial charge is 0.497 e. The van der Waals surface area contributed by atoms with Gasteiger partial charge < -0.3 is 14.7 Å². The van der Waals surface area contributed by atoms with Gasteiger partial charge in [0.15, 0.2) is 0 Å².